The SMILES string of the molecule is C#C[C@]1([C@@H](O)c2ccc(Cl)c(F)c2)C[C@@H](n2ccc3c(N)ccnc32)[C@H](O)[C@@H]1O. The van der Waals surface area contributed by atoms with Crippen molar-refractivity contribution < 1.29 is 19.7 Å². The minimum atomic E-state index is -1.54. The van der Waals surface area contributed by atoms with Crippen LogP contribution < -0.4 is 5.73 Å². The molecule has 1 aromatic carbocycles. The van der Waals surface area contributed by atoms with E-state index in [1.165, 1.54) is 12.1 Å². The number of nitrogen functional groups attached to an aromatic ring is 1. The molecule has 2 heterocycles. The molecule has 0 spiro atoms. The van der Waals surface area contributed by atoms with Gasteiger partial charge < -0.3 is 25.6 Å². The fraction of sp³-hybridized carbons (Fsp3) is 0.286. The van der Waals surface area contributed by atoms with Crippen LogP contribution in [0.25, 0.3) is 11.0 Å². The second kappa shape index (κ2) is 7.01. The minimum absolute atomic E-state index is 0.0392. The van der Waals surface area contributed by atoms with Gasteiger partial charge >= 0.3 is 0 Å². The molecule has 1 aliphatic carbocycles. The van der Waals surface area contributed by atoms with Crippen molar-refractivity contribution in [1.29, 1.82) is 0 Å². The molecule has 5 N–H and O–H groups in total. The second-order valence-corrected chi connectivity index (χ2v) is 7.74. The number of fused-ring (bicyclic) bond motifs is 1. The molecule has 0 amide bonds. The summed E-state index contributed by atoms with van der Waals surface area (Å²) < 4.78 is 15.6. The summed E-state index contributed by atoms with van der Waals surface area (Å²) in [5.41, 5.74) is 5.66. The molecule has 0 unspecified atom stereocenters. The Balaban J connectivity index is 1.77. The highest BCUT2D eigenvalue weighted by Gasteiger charge is 2.57. The number of pyridine rings is 1. The smallest absolute Gasteiger partial charge is 0.142 e. The molecule has 150 valence electrons. The Kier molecular flexibility index (Phi) is 4.75. The Morgan fingerprint density at radius 2 is 2.10 bits per heavy atom. The summed E-state index contributed by atoms with van der Waals surface area (Å²) in [5.74, 6) is 1.76. The van der Waals surface area contributed by atoms with Crippen LogP contribution in [0.2, 0.25) is 5.02 Å². The molecule has 29 heavy (non-hydrogen) atoms. The van der Waals surface area contributed by atoms with E-state index in [9.17, 15) is 19.7 Å². The number of nitrogens with zero attached hydrogens (tertiary/aromatic N) is 2. The van der Waals surface area contributed by atoms with Gasteiger partial charge in [0.05, 0.1) is 22.6 Å². The zero-order valence-electron chi connectivity index (χ0n) is 15.2. The number of aliphatic hydroxyl groups is 3. The normalized spacial score (nSPS) is 27.8. The van der Waals surface area contributed by atoms with Gasteiger partial charge in [-0.2, -0.15) is 0 Å². The van der Waals surface area contributed by atoms with Crippen molar-refractivity contribution in [2.45, 2.75) is 30.8 Å². The highest BCUT2D eigenvalue weighted by molar-refractivity contribution is 6.30. The number of aromatic nitrogens is 2. The lowest BCUT2D eigenvalue weighted by Gasteiger charge is -2.33. The highest BCUT2D eigenvalue weighted by atomic mass is 35.5. The molecule has 5 atom stereocenters. The quantitative estimate of drug-likeness (QED) is 0.492. The van der Waals surface area contributed by atoms with Crippen molar-refractivity contribution in [3.8, 4) is 12.3 Å². The maximum absolute atomic E-state index is 13.9. The molecular weight excluding hydrogens is 397 g/mol. The molecule has 0 saturated heterocycles. The first kappa shape index (κ1) is 19.7. The summed E-state index contributed by atoms with van der Waals surface area (Å²) in [7, 11) is 0. The Morgan fingerprint density at radius 3 is 2.79 bits per heavy atom. The van der Waals surface area contributed by atoms with E-state index in [1.54, 1.807) is 29.1 Å². The van der Waals surface area contributed by atoms with Crippen molar-refractivity contribution in [3.05, 3.63) is 59.1 Å². The van der Waals surface area contributed by atoms with Crippen LogP contribution in [0.1, 0.15) is 24.1 Å². The first-order valence-electron chi connectivity index (χ1n) is 8.98. The average molecular weight is 416 g/mol. The van der Waals surface area contributed by atoms with Crippen LogP contribution >= 0.6 is 11.6 Å². The average Bonchev–Trinajstić information content (AvgIpc) is 3.25. The largest absolute Gasteiger partial charge is 0.398 e. The molecule has 4 rings (SSSR count). The Morgan fingerprint density at radius 1 is 1.34 bits per heavy atom. The van der Waals surface area contributed by atoms with E-state index in [-0.39, 0.29) is 17.0 Å². The number of aliphatic hydroxyl groups excluding tert-OH is 3. The van der Waals surface area contributed by atoms with Gasteiger partial charge in [-0.15, -0.1) is 6.42 Å². The molecule has 1 fully saturated rings. The van der Waals surface area contributed by atoms with E-state index in [0.29, 0.717) is 16.7 Å². The molecule has 2 aromatic heterocycles. The van der Waals surface area contributed by atoms with Crippen LogP contribution in [0.4, 0.5) is 10.1 Å². The van der Waals surface area contributed by atoms with Gasteiger partial charge in [0.25, 0.3) is 0 Å². The first-order chi connectivity index (χ1) is 13.8. The second-order valence-electron chi connectivity index (χ2n) is 7.33. The summed E-state index contributed by atoms with van der Waals surface area (Å²) >= 11 is 5.72. The van der Waals surface area contributed by atoms with Crippen molar-refractivity contribution in [3.63, 3.8) is 0 Å². The van der Waals surface area contributed by atoms with Crippen molar-refractivity contribution >= 4 is 28.3 Å². The molecule has 1 saturated carbocycles. The van der Waals surface area contributed by atoms with E-state index in [4.69, 9.17) is 23.8 Å². The van der Waals surface area contributed by atoms with E-state index in [1.807, 2.05) is 0 Å². The lowest BCUT2D eigenvalue weighted by atomic mass is 9.76. The van der Waals surface area contributed by atoms with Gasteiger partial charge in [-0.25, -0.2) is 9.37 Å². The number of rotatable bonds is 3. The van der Waals surface area contributed by atoms with E-state index >= 15 is 0 Å². The number of terminal acetylenes is 1. The fourth-order valence-electron chi connectivity index (χ4n) is 4.19. The van der Waals surface area contributed by atoms with Crippen LogP contribution in [-0.2, 0) is 0 Å². The van der Waals surface area contributed by atoms with Crippen molar-refractivity contribution in [1.82, 2.24) is 9.55 Å². The van der Waals surface area contributed by atoms with Crippen LogP contribution in [0, 0.1) is 23.6 Å². The van der Waals surface area contributed by atoms with Crippen LogP contribution in [-0.4, -0.2) is 37.1 Å². The summed E-state index contributed by atoms with van der Waals surface area (Å²) in [6.07, 6.45) is 4.87. The molecule has 0 radical (unpaired) electrons. The lowest BCUT2D eigenvalue weighted by Crippen LogP contribution is -2.40. The number of benzene rings is 1. The molecular formula is C21H19ClFN3O3. The third-order valence-electron chi connectivity index (χ3n) is 5.81. The topological polar surface area (TPSA) is 105 Å². The van der Waals surface area contributed by atoms with Gasteiger partial charge in [0, 0.05) is 23.5 Å². The summed E-state index contributed by atoms with van der Waals surface area (Å²) in [4.78, 5) is 4.32. The van der Waals surface area contributed by atoms with E-state index in [0.717, 1.165) is 6.07 Å². The molecule has 1 aliphatic rings. The van der Waals surface area contributed by atoms with Gasteiger partial charge in [0.15, 0.2) is 0 Å². The van der Waals surface area contributed by atoms with Crippen LogP contribution in [0.15, 0.2) is 42.7 Å². The third kappa shape index (κ3) is 2.88. The number of nitrogens with two attached hydrogens (primary N) is 1. The van der Waals surface area contributed by atoms with Gasteiger partial charge in [0.2, 0.25) is 0 Å². The first-order valence-corrected chi connectivity index (χ1v) is 9.36. The summed E-state index contributed by atoms with van der Waals surface area (Å²) in [6.45, 7) is 0. The zero-order chi connectivity index (χ0) is 20.9. The van der Waals surface area contributed by atoms with Gasteiger partial charge in [-0.3, -0.25) is 0 Å². The molecule has 8 heteroatoms. The summed E-state index contributed by atoms with van der Waals surface area (Å²) in [5, 5.41) is 33.2. The molecule has 0 bridgehead atoms. The number of hydrogen-bond acceptors (Lipinski definition) is 5. The highest BCUT2D eigenvalue weighted by Crippen LogP contribution is 2.52. The predicted molar refractivity (Wildman–Crippen MR) is 107 cm³/mol. The maximum Gasteiger partial charge on any atom is 0.142 e. The zero-order valence-corrected chi connectivity index (χ0v) is 16.0. The van der Waals surface area contributed by atoms with Gasteiger partial charge in [0.1, 0.15) is 23.7 Å². The van der Waals surface area contributed by atoms with Gasteiger partial charge in [-0.1, -0.05) is 23.6 Å². The molecule has 6 nitrogen and oxygen atoms in total. The Bertz CT molecular complexity index is 1130. The number of halogens is 2. The predicted octanol–water partition coefficient (Wildman–Crippen LogP) is 2.43. The van der Waals surface area contributed by atoms with Crippen LogP contribution in [0.5, 0.6) is 0 Å². The maximum atomic E-state index is 13.9. The standard InChI is InChI=1S/C21H19ClFN3O3/c1-2-21(18(28)11-3-4-13(22)14(23)9-11)10-16(17(27)19(21)29)26-8-6-12-15(24)5-7-25-20(12)26/h1,3-9,16-19,27-29H,10H2,(H2,24,25)/t16-,17+,18+,19+,21-/m1/s1. The third-order valence-corrected chi connectivity index (χ3v) is 6.12. The summed E-state index contributed by atoms with van der Waals surface area (Å²) in [6, 6.07) is 6.58. The fourth-order valence-corrected chi connectivity index (χ4v) is 4.31. The Labute approximate surface area is 171 Å². The monoisotopic (exact) mass is 415 g/mol. The minimum Gasteiger partial charge on any atom is -0.398 e. The molecule has 3 aromatic rings. The molecule has 0 aliphatic heterocycles. The number of anilines is 1. The van der Waals surface area contributed by atoms with Crippen molar-refractivity contribution in [2.75, 3.05) is 5.73 Å². The lowest BCUT2D eigenvalue weighted by molar-refractivity contribution is -0.0566. The Hall–Kier alpha value is -2.63. The van der Waals surface area contributed by atoms with Crippen molar-refractivity contribution in [2.24, 2.45) is 5.41 Å². The van der Waals surface area contributed by atoms with Gasteiger partial charge in [-0.05, 0) is 36.2 Å². The van der Waals surface area contributed by atoms with E-state index < -0.39 is 35.6 Å². The number of hydrogen-bond donors (Lipinski definition) is 4. The van der Waals surface area contributed by atoms with E-state index in [2.05, 4.69) is 10.9 Å². The van der Waals surface area contributed by atoms with Crippen LogP contribution in [0.3, 0.4) is 0 Å².